The van der Waals surface area contributed by atoms with Crippen LogP contribution in [0, 0.1) is 5.82 Å². The van der Waals surface area contributed by atoms with E-state index in [1.807, 2.05) is 23.9 Å². The zero-order valence-electron chi connectivity index (χ0n) is 14.7. The summed E-state index contributed by atoms with van der Waals surface area (Å²) in [5.41, 5.74) is 3.61. The van der Waals surface area contributed by atoms with Crippen molar-refractivity contribution in [2.45, 2.75) is 22.8 Å². The van der Waals surface area contributed by atoms with Gasteiger partial charge in [-0.1, -0.05) is 48.2 Å². The number of hydrogen-bond donors (Lipinski definition) is 1. The van der Waals surface area contributed by atoms with Crippen LogP contribution in [0.1, 0.15) is 18.5 Å². The van der Waals surface area contributed by atoms with Gasteiger partial charge in [0.2, 0.25) is 0 Å². The fourth-order valence-electron chi connectivity index (χ4n) is 3.28. The van der Waals surface area contributed by atoms with Crippen LogP contribution in [0.25, 0.3) is 0 Å². The molecule has 1 aliphatic rings. The molecule has 0 radical (unpaired) electrons. The maximum absolute atomic E-state index is 13.1. The quantitative estimate of drug-likeness (QED) is 0.618. The summed E-state index contributed by atoms with van der Waals surface area (Å²) in [6.07, 6.45) is 0. The van der Waals surface area contributed by atoms with E-state index in [2.05, 4.69) is 65.7 Å². The molecule has 1 N–H and O–H groups in total. The summed E-state index contributed by atoms with van der Waals surface area (Å²) in [5.74, 6) is -0.194. The topological polar surface area (TPSA) is 15.3 Å². The number of halogens is 1. The lowest BCUT2D eigenvalue weighted by Gasteiger charge is -2.33. The Morgan fingerprint density at radius 1 is 0.885 bits per heavy atom. The standard InChI is InChI=1S/C22H21FN2S/c1-16(17-10-12-18(23)13-11-17)24-14-15-25-19-6-2-4-8-21(19)26-22-9-5-3-7-20(22)25/h2-13,16,24H,14-15H2,1H3. The SMILES string of the molecule is CC(NCCN1c2ccccc2Sc2ccccc21)c1ccc(F)cc1. The molecule has 0 aliphatic carbocycles. The number of nitrogens with zero attached hydrogens (tertiary/aromatic N) is 1. The molecule has 0 saturated heterocycles. The van der Waals surface area contributed by atoms with Crippen LogP contribution in [-0.2, 0) is 0 Å². The van der Waals surface area contributed by atoms with Crippen molar-refractivity contribution in [1.29, 1.82) is 0 Å². The molecule has 0 amide bonds. The molecule has 0 aromatic heterocycles. The highest BCUT2D eigenvalue weighted by molar-refractivity contribution is 7.99. The van der Waals surface area contributed by atoms with Gasteiger partial charge in [-0.25, -0.2) is 4.39 Å². The van der Waals surface area contributed by atoms with Crippen LogP contribution in [0.2, 0.25) is 0 Å². The van der Waals surface area contributed by atoms with E-state index in [0.717, 1.165) is 18.7 Å². The van der Waals surface area contributed by atoms with E-state index in [0.29, 0.717) is 0 Å². The molecule has 132 valence electrons. The zero-order valence-corrected chi connectivity index (χ0v) is 15.5. The van der Waals surface area contributed by atoms with Crippen LogP contribution < -0.4 is 10.2 Å². The van der Waals surface area contributed by atoms with Crippen molar-refractivity contribution < 1.29 is 4.39 Å². The first kappa shape index (κ1) is 17.1. The average Bonchev–Trinajstić information content (AvgIpc) is 2.68. The number of nitrogens with one attached hydrogen (secondary N) is 1. The molecule has 0 spiro atoms. The van der Waals surface area contributed by atoms with Gasteiger partial charge in [-0.05, 0) is 48.9 Å². The summed E-state index contributed by atoms with van der Waals surface area (Å²) in [7, 11) is 0. The van der Waals surface area contributed by atoms with Crippen LogP contribution in [0.5, 0.6) is 0 Å². The smallest absolute Gasteiger partial charge is 0.123 e. The van der Waals surface area contributed by atoms with Gasteiger partial charge < -0.3 is 10.2 Å². The average molecular weight is 364 g/mol. The third-order valence-electron chi connectivity index (χ3n) is 4.69. The molecule has 3 aromatic carbocycles. The molecular weight excluding hydrogens is 343 g/mol. The fraction of sp³-hybridized carbons (Fsp3) is 0.182. The van der Waals surface area contributed by atoms with Crippen LogP contribution in [0.4, 0.5) is 15.8 Å². The Kier molecular flexibility index (Phi) is 4.96. The summed E-state index contributed by atoms with van der Waals surface area (Å²) in [4.78, 5) is 4.96. The second-order valence-electron chi connectivity index (χ2n) is 6.42. The Hall–Kier alpha value is -2.30. The molecule has 0 fully saturated rings. The number of anilines is 2. The van der Waals surface area contributed by atoms with Gasteiger partial charge in [-0.2, -0.15) is 0 Å². The minimum Gasteiger partial charge on any atom is -0.338 e. The van der Waals surface area contributed by atoms with Crippen molar-refractivity contribution >= 4 is 23.1 Å². The first-order valence-corrected chi connectivity index (χ1v) is 9.66. The first-order valence-electron chi connectivity index (χ1n) is 8.84. The molecule has 4 rings (SSSR count). The summed E-state index contributed by atoms with van der Waals surface area (Å²) >= 11 is 1.83. The lowest BCUT2D eigenvalue weighted by molar-refractivity contribution is 0.575. The van der Waals surface area contributed by atoms with E-state index in [-0.39, 0.29) is 11.9 Å². The molecule has 4 heteroatoms. The second-order valence-corrected chi connectivity index (χ2v) is 7.50. The van der Waals surface area contributed by atoms with E-state index in [1.165, 1.54) is 33.3 Å². The van der Waals surface area contributed by atoms with Crippen molar-refractivity contribution in [3.05, 3.63) is 84.2 Å². The van der Waals surface area contributed by atoms with E-state index in [4.69, 9.17) is 0 Å². The first-order chi connectivity index (χ1) is 12.7. The Labute approximate surface area is 158 Å². The fourth-order valence-corrected chi connectivity index (χ4v) is 4.38. The third-order valence-corrected chi connectivity index (χ3v) is 5.82. The highest BCUT2D eigenvalue weighted by atomic mass is 32.2. The van der Waals surface area contributed by atoms with Gasteiger partial charge in [-0.15, -0.1) is 0 Å². The molecule has 2 nitrogen and oxygen atoms in total. The third kappa shape index (κ3) is 3.48. The predicted octanol–water partition coefficient (Wildman–Crippen LogP) is 5.78. The number of benzene rings is 3. The predicted molar refractivity (Wildman–Crippen MR) is 107 cm³/mol. The van der Waals surface area contributed by atoms with Gasteiger partial charge in [0.25, 0.3) is 0 Å². The monoisotopic (exact) mass is 364 g/mol. The highest BCUT2D eigenvalue weighted by Gasteiger charge is 2.22. The van der Waals surface area contributed by atoms with Crippen molar-refractivity contribution in [1.82, 2.24) is 5.32 Å². The Morgan fingerprint density at radius 3 is 2.08 bits per heavy atom. The van der Waals surface area contributed by atoms with E-state index in [1.54, 1.807) is 0 Å². The van der Waals surface area contributed by atoms with Crippen molar-refractivity contribution in [2.24, 2.45) is 0 Å². The maximum Gasteiger partial charge on any atom is 0.123 e. The summed E-state index contributed by atoms with van der Waals surface area (Å²) in [6, 6.07) is 24.0. The van der Waals surface area contributed by atoms with Gasteiger partial charge in [0.1, 0.15) is 5.82 Å². The minimum absolute atomic E-state index is 0.181. The molecule has 26 heavy (non-hydrogen) atoms. The van der Waals surface area contributed by atoms with Crippen molar-refractivity contribution in [3.63, 3.8) is 0 Å². The van der Waals surface area contributed by atoms with Crippen LogP contribution >= 0.6 is 11.8 Å². The minimum atomic E-state index is -0.194. The largest absolute Gasteiger partial charge is 0.338 e. The number of fused-ring (bicyclic) bond motifs is 2. The van der Waals surface area contributed by atoms with Gasteiger partial charge in [0.05, 0.1) is 11.4 Å². The number of hydrogen-bond acceptors (Lipinski definition) is 3. The zero-order chi connectivity index (χ0) is 17.9. The van der Waals surface area contributed by atoms with E-state index in [9.17, 15) is 4.39 Å². The van der Waals surface area contributed by atoms with Gasteiger partial charge in [0, 0.05) is 28.9 Å². The van der Waals surface area contributed by atoms with Crippen LogP contribution in [0.3, 0.4) is 0 Å². The molecule has 1 unspecified atom stereocenters. The lowest BCUT2D eigenvalue weighted by atomic mass is 10.1. The van der Waals surface area contributed by atoms with E-state index >= 15 is 0 Å². The van der Waals surface area contributed by atoms with Crippen molar-refractivity contribution in [3.8, 4) is 0 Å². The summed E-state index contributed by atoms with van der Waals surface area (Å²) < 4.78 is 13.1. The summed E-state index contributed by atoms with van der Waals surface area (Å²) in [6.45, 7) is 3.83. The molecule has 0 bridgehead atoms. The van der Waals surface area contributed by atoms with Crippen LogP contribution in [-0.4, -0.2) is 13.1 Å². The molecule has 1 atom stereocenters. The number of para-hydroxylation sites is 2. The highest BCUT2D eigenvalue weighted by Crippen LogP contribution is 2.47. The molecular formula is C22H21FN2S. The normalized spacial score (nSPS) is 13.8. The second kappa shape index (κ2) is 7.52. The Balaban J connectivity index is 1.49. The van der Waals surface area contributed by atoms with Crippen molar-refractivity contribution in [2.75, 3.05) is 18.0 Å². The Morgan fingerprint density at radius 2 is 1.46 bits per heavy atom. The lowest BCUT2D eigenvalue weighted by Crippen LogP contribution is -2.31. The molecule has 1 aliphatic heterocycles. The van der Waals surface area contributed by atoms with Crippen LogP contribution in [0.15, 0.2) is 82.6 Å². The van der Waals surface area contributed by atoms with E-state index < -0.39 is 0 Å². The summed E-state index contributed by atoms with van der Waals surface area (Å²) in [5, 5.41) is 3.56. The molecule has 0 saturated carbocycles. The maximum atomic E-state index is 13.1. The van der Waals surface area contributed by atoms with Gasteiger partial charge in [-0.3, -0.25) is 0 Å². The van der Waals surface area contributed by atoms with Gasteiger partial charge >= 0.3 is 0 Å². The molecule has 1 heterocycles. The Bertz CT molecular complexity index is 849. The number of rotatable bonds is 5. The van der Waals surface area contributed by atoms with Gasteiger partial charge in [0.15, 0.2) is 0 Å². The molecule has 3 aromatic rings.